The lowest BCUT2D eigenvalue weighted by atomic mass is 10.1. The highest BCUT2D eigenvalue weighted by Crippen LogP contribution is 2.26. The minimum absolute atomic E-state index is 0.145. The second-order valence-corrected chi connectivity index (χ2v) is 6.35. The summed E-state index contributed by atoms with van der Waals surface area (Å²) in [6, 6.07) is 19.8. The fraction of sp³-hybridized carbons (Fsp3) is 0.250. The van der Waals surface area contributed by atoms with Gasteiger partial charge in [0.2, 0.25) is 0 Å². The van der Waals surface area contributed by atoms with Crippen molar-refractivity contribution in [1.29, 1.82) is 0 Å². The second-order valence-electron chi connectivity index (χ2n) is 6.35. The maximum atomic E-state index is 12.8. The van der Waals surface area contributed by atoms with Crippen LogP contribution in [0.1, 0.15) is 36.2 Å². The normalized spacial score (nSPS) is 14.6. The van der Waals surface area contributed by atoms with Gasteiger partial charge in [0.25, 0.3) is 5.91 Å². The smallest absolute Gasteiger partial charge is 0.274 e. The average Bonchev–Trinajstić information content (AvgIpc) is 3.32. The van der Waals surface area contributed by atoms with Gasteiger partial charge in [-0.25, -0.2) is 4.68 Å². The molecular weight excluding hydrogens is 312 g/mol. The third-order valence-corrected chi connectivity index (χ3v) is 4.62. The van der Waals surface area contributed by atoms with Gasteiger partial charge in [-0.2, -0.15) is 0 Å². The molecule has 0 unspecified atom stereocenters. The Kier molecular flexibility index (Phi) is 4.29. The van der Waals surface area contributed by atoms with Crippen LogP contribution in [0.25, 0.3) is 16.9 Å². The predicted octanol–water partition coefficient (Wildman–Crippen LogP) is 3.61. The average molecular weight is 332 g/mol. The van der Waals surface area contributed by atoms with Crippen LogP contribution < -0.4 is 5.32 Å². The van der Waals surface area contributed by atoms with Gasteiger partial charge in [0.05, 0.1) is 5.69 Å². The Morgan fingerprint density at radius 3 is 2.28 bits per heavy atom. The first-order valence-corrected chi connectivity index (χ1v) is 8.70. The summed E-state index contributed by atoms with van der Waals surface area (Å²) in [4.78, 5) is 12.8. The molecule has 1 fully saturated rings. The number of para-hydroxylation sites is 1. The third kappa shape index (κ3) is 3.18. The summed E-state index contributed by atoms with van der Waals surface area (Å²) in [6.07, 6.45) is 4.43. The molecule has 1 aromatic heterocycles. The first-order valence-electron chi connectivity index (χ1n) is 8.70. The van der Waals surface area contributed by atoms with Gasteiger partial charge in [-0.1, -0.05) is 66.6 Å². The van der Waals surface area contributed by atoms with Crippen molar-refractivity contribution in [3.63, 3.8) is 0 Å². The van der Waals surface area contributed by atoms with E-state index in [9.17, 15) is 4.79 Å². The van der Waals surface area contributed by atoms with Crippen LogP contribution in [-0.4, -0.2) is 26.9 Å². The number of hydrogen-bond acceptors (Lipinski definition) is 3. The van der Waals surface area contributed by atoms with Crippen molar-refractivity contribution in [1.82, 2.24) is 20.3 Å². The van der Waals surface area contributed by atoms with E-state index < -0.39 is 0 Å². The van der Waals surface area contributed by atoms with Gasteiger partial charge in [0, 0.05) is 11.6 Å². The maximum Gasteiger partial charge on any atom is 0.274 e. The Hall–Kier alpha value is -2.95. The molecule has 0 radical (unpaired) electrons. The van der Waals surface area contributed by atoms with E-state index in [4.69, 9.17) is 0 Å². The molecule has 3 aromatic rings. The molecule has 5 heteroatoms. The number of amides is 1. The monoisotopic (exact) mass is 332 g/mol. The van der Waals surface area contributed by atoms with Crippen LogP contribution in [0.5, 0.6) is 0 Å². The lowest BCUT2D eigenvalue weighted by Gasteiger charge is -2.12. The Morgan fingerprint density at radius 1 is 0.960 bits per heavy atom. The molecule has 2 aromatic carbocycles. The minimum atomic E-state index is -0.145. The topological polar surface area (TPSA) is 59.8 Å². The molecule has 0 aliphatic heterocycles. The van der Waals surface area contributed by atoms with Crippen molar-refractivity contribution in [3.8, 4) is 16.9 Å². The van der Waals surface area contributed by atoms with E-state index in [0.29, 0.717) is 5.69 Å². The molecule has 126 valence electrons. The largest absolute Gasteiger partial charge is 0.348 e. The second kappa shape index (κ2) is 6.89. The Morgan fingerprint density at radius 2 is 1.60 bits per heavy atom. The molecule has 1 aliphatic carbocycles. The van der Waals surface area contributed by atoms with Crippen LogP contribution in [0.3, 0.4) is 0 Å². The molecule has 0 spiro atoms. The van der Waals surface area contributed by atoms with Gasteiger partial charge in [-0.3, -0.25) is 4.79 Å². The number of aromatic nitrogens is 3. The van der Waals surface area contributed by atoms with Crippen LogP contribution in [0.2, 0.25) is 0 Å². The zero-order chi connectivity index (χ0) is 17.1. The van der Waals surface area contributed by atoms with Crippen molar-refractivity contribution in [2.45, 2.75) is 31.7 Å². The Balaban J connectivity index is 1.76. The molecular formula is C20H20N4O. The van der Waals surface area contributed by atoms with Crippen LogP contribution >= 0.6 is 0 Å². The summed E-state index contributed by atoms with van der Waals surface area (Å²) in [5.74, 6) is -0.145. The number of nitrogens with zero attached hydrogens (tertiary/aromatic N) is 3. The Labute approximate surface area is 146 Å². The minimum Gasteiger partial charge on any atom is -0.348 e. The molecule has 0 atom stereocenters. The maximum absolute atomic E-state index is 12.8. The number of benzene rings is 2. The summed E-state index contributed by atoms with van der Waals surface area (Å²) in [5.41, 5.74) is 2.91. The van der Waals surface area contributed by atoms with Crippen LogP contribution in [0.15, 0.2) is 60.7 Å². The molecule has 0 bridgehead atoms. The van der Waals surface area contributed by atoms with Crippen LogP contribution in [0, 0.1) is 0 Å². The summed E-state index contributed by atoms with van der Waals surface area (Å²) < 4.78 is 1.74. The Bertz CT molecular complexity index is 852. The molecule has 1 saturated carbocycles. The number of carbonyl (C=O) groups is 1. The number of nitrogens with one attached hydrogen (secondary N) is 1. The molecule has 25 heavy (non-hydrogen) atoms. The van der Waals surface area contributed by atoms with Gasteiger partial charge in [-0.15, -0.1) is 5.10 Å². The molecule has 1 aliphatic rings. The summed E-state index contributed by atoms with van der Waals surface area (Å²) in [6.45, 7) is 0. The molecule has 4 rings (SSSR count). The van der Waals surface area contributed by atoms with E-state index in [2.05, 4.69) is 15.6 Å². The highest BCUT2D eigenvalue weighted by molar-refractivity contribution is 5.98. The van der Waals surface area contributed by atoms with Crippen LogP contribution in [-0.2, 0) is 0 Å². The van der Waals surface area contributed by atoms with Gasteiger partial charge in [-0.05, 0) is 25.0 Å². The van der Waals surface area contributed by atoms with Gasteiger partial charge in [0.15, 0.2) is 5.69 Å². The summed E-state index contributed by atoms with van der Waals surface area (Å²) in [5, 5.41) is 11.6. The van der Waals surface area contributed by atoms with Gasteiger partial charge < -0.3 is 5.32 Å². The fourth-order valence-corrected chi connectivity index (χ4v) is 3.36. The highest BCUT2D eigenvalue weighted by Gasteiger charge is 2.25. The number of rotatable bonds is 4. The van der Waals surface area contributed by atoms with Gasteiger partial charge in [0.1, 0.15) is 5.69 Å². The van der Waals surface area contributed by atoms with E-state index in [1.807, 2.05) is 60.7 Å². The lowest BCUT2D eigenvalue weighted by molar-refractivity contribution is 0.0933. The standard InChI is InChI=1S/C20H20N4O/c25-20(21-16-11-7-8-12-16)18-19(15-9-3-1-4-10-15)24(23-22-18)17-13-5-2-6-14-17/h1-6,9-10,13-14,16H,7-8,11-12H2,(H,21,25). The zero-order valence-corrected chi connectivity index (χ0v) is 13.9. The lowest BCUT2D eigenvalue weighted by Crippen LogP contribution is -2.33. The molecule has 1 amide bonds. The van der Waals surface area contributed by atoms with E-state index in [1.165, 1.54) is 12.8 Å². The zero-order valence-electron chi connectivity index (χ0n) is 13.9. The first kappa shape index (κ1) is 15.6. The van der Waals surface area contributed by atoms with Crippen molar-refractivity contribution in [2.24, 2.45) is 0 Å². The van der Waals surface area contributed by atoms with Crippen molar-refractivity contribution in [2.75, 3.05) is 0 Å². The van der Waals surface area contributed by atoms with E-state index in [-0.39, 0.29) is 11.9 Å². The van der Waals surface area contributed by atoms with Crippen molar-refractivity contribution in [3.05, 3.63) is 66.4 Å². The van der Waals surface area contributed by atoms with Crippen molar-refractivity contribution < 1.29 is 4.79 Å². The third-order valence-electron chi connectivity index (χ3n) is 4.62. The molecule has 5 nitrogen and oxygen atoms in total. The van der Waals surface area contributed by atoms with E-state index in [1.54, 1.807) is 4.68 Å². The SMILES string of the molecule is O=C(NC1CCCC1)c1nnn(-c2ccccc2)c1-c1ccccc1. The van der Waals surface area contributed by atoms with Gasteiger partial charge >= 0.3 is 0 Å². The summed E-state index contributed by atoms with van der Waals surface area (Å²) in [7, 11) is 0. The first-order chi connectivity index (χ1) is 12.3. The fourth-order valence-electron chi connectivity index (χ4n) is 3.36. The highest BCUT2D eigenvalue weighted by atomic mass is 16.2. The quantitative estimate of drug-likeness (QED) is 0.794. The predicted molar refractivity (Wildman–Crippen MR) is 96.5 cm³/mol. The number of hydrogen-bond donors (Lipinski definition) is 1. The molecule has 1 heterocycles. The van der Waals surface area contributed by atoms with E-state index >= 15 is 0 Å². The number of carbonyl (C=O) groups excluding carboxylic acids is 1. The summed E-state index contributed by atoms with van der Waals surface area (Å²) >= 11 is 0. The van der Waals surface area contributed by atoms with Crippen LogP contribution in [0.4, 0.5) is 0 Å². The van der Waals surface area contributed by atoms with E-state index in [0.717, 1.165) is 29.8 Å². The van der Waals surface area contributed by atoms with Crippen molar-refractivity contribution >= 4 is 5.91 Å². The molecule has 1 N–H and O–H groups in total. The molecule has 0 saturated heterocycles.